The number of carbonyl (C=O) groups excluding carboxylic acids is 2. The molecule has 3 rings (SSSR count). The maximum absolute atomic E-state index is 12.4. The zero-order chi connectivity index (χ0) is 19.4. The minimum absolute atomic E-state index is 0.0249. The topological polar surface area (TPSA) is 105 Å². The summed E-state index contributed by atoms with van der Waals surface area (Å²) in [7, 11) is -3.52. The van der Waals surface area contributed by atoms with Gasteiger partial charge in [0.15, 0.2) is 0 Å². The van der Waals surface area contributed by atoms with Crippen molar-refractivity contribution in [3.63, 3.8) is 0 Å². The predicted molar refractivity (Wildman–Crippen MR) is 98.9 cm³/mol. The van der Waals surface area contributed by atoms with E-state index in [-0.39, 0.29) is 29.0 Å². The molecule has 148 valence electrons. The molecule has 1 aliphatic carbocycles. The lowest BCUT2D eigenvalue weighted by Crippen LogP contribution is -2.46. The van der Waals surface area contributed by atoms with Gasteiger partial charge in [0.2, 0.25) is 10.0 Å². The first kappa shape index (κ1) is 19.6. The largest absolute Gasteiger partial charge is 0.450 e. The molecule has 1 saturated carbocycles. The van der Waals surface area contributed by atoms with Crippen LogP contribution in [0.25, 0.3) is 0 Å². The third kappa shape index (κ3) is 5.20. The molecule has 0 bridgehead atoms. The number of likely N-dealkylation sites (tertiary alicyclic amines) is 1. The maximum Gasteiger partial charge on any atom is 0.409 e. The molecule has 1 saturated heterocycles. The molecule has 2 amide bonds. The molecular formula is C18H25N3O5S. The van der Waals surface area contributed by atoms with E-state index in [9.17, 15) is 18.0 Å². The summed E-state index contributed by atoms with van der Waals surface area (Å²) >= 11 is 0. The Morgan fingerprint density at radius 1 is 1.07 bits per heavy atom. The minimum atomic E-state index is -3.52. The third-order valence-electron chi connectivity index (χ3n) is 4.68. The Morgan fingerprint density at radius 2 is 1.70 bits per heavy atom. The second-order valence-corrected chi connectivity index (χ2v) is 8.57. The Bertz CT molecular complexity index is 782. The van der Waals surface area contributed by atoms with Crippen molar-refractivity contribution in [2.24, 2.45) is 0 Å². The molecule has 1 aromatic carbocycles. The summed E-state index contributed by atoms with van der Waals surface area (Å²) in [6.07, 6.45) is 2.73. The number of nitrogens with one attached hydrogen (secondary N) is 2. The van der Waals surface area contributed by atoms with Crippen molar-refractivity contribution in [1.82, 2.24) is 14.9 Å². The molecule has 0 radical (unpaired) electrons. The molecule has 0 aromatic heterocycles. The Balaban J connectivity index is 1.52. The van der Waals surface area contributed by atoms with Crippen molar-refractivity contribution in [2.45, 2.75) is 49.6 Å². The SMILES string of the molecule is CCOC(=O)N1CCC(NC(=O)c2ccc(S(=O)(=O)NC3CC3)cc2)CC1. The number of hydrogen-bond acceptors (Lipinski definition) is 5. The summed E-state index contributed by atoms with van der Waals surface area (Å²) in [6.45, 7) is 3.18. The van der Waals surface area contributed by atoms with Crippen LogP contribution in [0.1, 0.15) is 43.0 Å². The average molecular weight is 395 g/mol. The summed E-state index contributed by atoms with van der Waals surface area (Å²) < 4.78 is 31.9. The molecule has 1 heterocycles. The summed E-state index contributed by atoms with van der Waals surface area (Å²) in [5.41, 5.74) is 0.410. The Hall–Kier alpha value is -2.13. The molecule has 0 atom stereocenters. The lowest BCUT2D eigenvalue weighted by atomic mass is 10.0. The van der Waals surface area contributed by atoms with E-state index in [0.717, 1.165) is 12.8 Å². The predicted octanol–water partition coefficient (Wildman–Crippen LogP) is 1.48. The van der Waals surface area contributed by atoms with Gasteiger partial charge < -0.3 is 15.0 Å². The van der Waals surface area contributed by atoms with Gasteiger partial charge in [-0.05, 0) is 56.9 Å². The van der Waals surface area contributed by atoms with Crippen LogP contribution in [0.15, 0.2) is 29.2 Å². The summed E-state index contributed by atoms with van der Waals surface area (Å²) in [5, 5.41) is 2.94. The number of piperidine rings is 1. The van der Waals surface area contributed by atoms with Crippen LogP contribution >= 0.6 is 0 Å². The standard InChI is InChI=1S/C18H25N3O5S/c1-2-26-18(23)21-11-9-14(10-12-21)19-17(22)13-3-7-16(8-4-13)27(24,25)20-15-5-6-15/h3-4,7-8,14-15,20H,2,5-6,9-12H2,1H3,(H,19,22). The first-order valence-corrected chi connectivity index (χ1v) is 10.7. The third-order valence-corrected chi connectivity index (χ3v) is 6.22. The first-order valence-electron chi connectivity index (χ1n) is 9.24. The molecule has 2 N–H and O–H groups in total. The fourth-order valence-corrected chi connectivity index (χ4v) is 4.27. The molecule has 0 unspecified atom stereocenters. The summed E-state index contributed by atoms with van der Waals surface area (Å²) in [6, 6.07) is 5.95. The van der Waals surface area contributed by atoms with E-state index in [0.29, 0.717) is 38.1 Å². The van der Waals surface area contributed by atoms with Gasteiger partial charge in [-0.3, -0.25) is 4.79 Å². The highest BCUT2D eigenvalue weighted by Gasteiger charge is 2.28. The van der Waals surface area contributed by atoms with Crippen molar-refractivity contribution in [3.05, 3.63) is 29.8 Å². The van der Waals surface area contributed by atoms with E-state index < -0.39 is 10.0 Å². The van der Waals surface area contributed by atoms with E-state index in [1.54, 1.807) is 11.8 Å². The maximum atomic E-state index is 12.4. The van der Waals surface area contributed by atoms with E-state index in [1.165, 1.54) is 24.3 Å². The average Bonchev–Trinajstić information content (AvgIpc) is 3.46. The molecule has 1 aliphatic heterocycles. The molecule has 2 aliphatic rings. The van der Waals surface area contributed by atoms with Crippen molar-refractivity contribution in [3.8, 4) is 0 Å². The zero-order valence-electron chi connectivity index (χ0n) is 15.3. The Morgan fingerprint density at radius 3 is 2.26 bits per heavy atom. The van der Waals surface area contributed by atoms with E-state index in [2.05, 4.69) is 10.0 Å². The Labute approximate surface area is 159 Å². The molecule has 9 heteroatoms. The number of ether oxygens (including phenoxy) is 1. The molecule has 8 nitrogen and oxygen atoms in total. The molecule has 0 spiro atoms. The van der Waals surface area contributed by atoms with E-state index in [1.807, 2.05) is 0 Å². The number of benzene rings is 1. The summed E-state index contributed by atoms with van der Waals surface area (Å²) in [5.74, 6) is -0.247. The van der Waals surface area contributed by atoms with Gasteiger partial charge in [-0.15, -0.1) is 0 Å². The number of amides is 2. The quantitative estimate of drug-likeness (QED) is 0.759. The van der Waals surface area contributed by atoms with Gasteiger partial charge in [-0.25, -0.2) is 17.9 Å². The van der Waals surface area contributed by atoms with Crippen LogP contribution in [0.3, 0.4) is 0 Å². The van der Waals surface area contributed by atoms with Crippen LogP contribution in [-0.4, -0.2) is 57.1 Å². The summed E-state index contributed by atoms with van der Waals surface area (Å²) in [4.78, 5) is 25.9. The van der Waals surface area contributed by atoms with Gasteiger partial charge in [0.05, 0.1) is 11.5 Å². The second-order valence-electron chi connectivity index (χ2n) is 6.85. The number of rotatable bonds is 6. The first-order chi connectivity index (χ1) is 12.9. The fourth-order valence-electron chi connectivity index (χ4n) is 2.96. The second kappa shape index (κ2) is 8.26. The van der Waals surface area contributed by atoms with Gasteiger partial charge >= 0.3 is 6.09 Å². The molecule has 1 aromatic rings. The highest BCUT2D eigenvalue weighted by atomic mass is 32.2. The molecular weight excluding hydrogens is 370 g/mol. The smallest absolute Gasteiger partial charge is 0.409 e. The normalized spacial score (nSPS) is 18.2. The zero-order valence-corrected chi connectivity index (χ0v) is 16.1. The number of sulfonamides is 1. The molecule has 27 heavy (non-hydrogen) atoms. The van der Waals surface area contributed by atoms with Gasteiger partial charge in [0.1, 0.15) is 0 Å². The fraction of sp³-hybridized carbons (Fsp3) is 0.556. The van der Waals surface area contributed by atoms with Crippen molar-refractivity contribution >= 4 is 22.0 Å². The number of nitrogens with zero attached hydrogens (tertiary/aromatic N) is 1. The lowest BCUT2D eigenvalue weighted by Gasteiger charge is -2.31. The van der Waals surface area contributed by atoms with Gasteiger partial charge in [0, 0.05) is 30.7 Å². The van der Waals surface area contributed by atoms with Crippen molar-refractivity contribution in [1.29, 1.82) is 0 Å². The molecule has 2 fully saturated rings. The van der Waals surface area contributed by atoms with Gasteiger partial charge in [0.25, 0.3) is 5.91 Å². The van der Waals surface area contributed by atoms with Crippen LogP contribution in [0.2, 0.25) is 0 Å². The highest BCUT2D eigenvalue weighted by molar-refractivity contribution is 7.89. The highest BCUT2D eigenvalue weighted by Crippen LogP contribution is 2.22. The van der Waals surface area contributed by atoms with Crippen LogP contribution in [0, 0.1) is 0 Å². The van der Waals surface area contributed by atoms with Crippen LogP contribution in [-0.2, 0) is 14.8 Å². The van der Waals surface area contributed by atoms with Crippen molar-refractivity contribution < 1.29 is 22.7 Å². The van der Waals surface area contributed by atoms with Crippen LogP contribution in [0.4, 0.5) is 4.79 Å². The van der Waals surface area contributed by atoms with Gasteiger partial charge in [-0.1, -0.05) is 0 Å². The van der Waals surface area contributed by atoms with Crippen molar-refractivity contribution in [2.75, 3.05) is 19.7 Å². The lowest BCUT2D eigenvalue weighted by molar-refractivity contribution is 0.0860. The van der Waals surface area contributed by atoms with Crippen LogP contribution < -0.4 is 10.0 Å². The number of carbonyl (C=O) groups is 2. The monoisotopic (exact) mass is 395 g/mol. The van der Waals surface area contributed by atoms with E-state index in [4.69, 9.17) is 4.74 Å². The number of hydrogen-bond donors (Lipinski definition) is 2. The van der Waals surface area contributed by atoms with Gasteiger partial charge in [-0.2, -0.15) is 0 Å². The minimum Gasteiger partial charge on any atom is -0.450 e. The van der Waals surface area contributed by atoms with Crippen LogP contribution in [0.5, 0.6) is 0 Å². The van der Waals surface area contributed by atoms with E-state index >= 15 is 0 Å². The Kier molecular flexibility index (Phi) is 6.01.